The fraction of sp³-hybridized carbons (Fsp3) is 0.222. The lowest BCUT2D eigenvalue weighted by Crippen LogP contribution is -2.09. The average Bonchev–Trinajstić information content (AvgIpc) is 2.03. The Bertz CT molecular complexity index is 301. The Labute approximate surface area is 85.5 Å². The van der Waals surface area contributed by atoms with Gasteiger partial charge in [-0.15, -0.1) is 0 Å². The van der Waals surface area contributed by atoms with Crippen LogP contribution >= 0.6 is 15.9 Å². The normalized spacial score (nSPS) is 9.92. The van der Waals surface area contributed by atoms with Crippen molar-refractivity contribution in [1.82, 2.24) is 4.98 Å². The van der Waals surface area contributed by atoms with E-state index >= 15 is 0 Å². The van der Waals surface area contributed by atoms with E-state index < -0.39 is 0 Å². The summed E-state index contributed by atoms with van der Waals surface area (Å²) in [6.07, 6.45) is 6.43. The number of rotatable bonds is 4. The molecule has 0 spiro atoms. The highest BCUT2D eigenvalue weighted by molar-refractivity contribution is 9.10. The van der Waals surface area contributed by atoms with Crippen molar-refractivity contribution in [2.24, 2.45) is 5.73 Å². The molecule has 0 aliphatic heterocycles. The number of carbonyl (C=O) groups excluding carboxylic acids is 1. The van der Waals surface area contributed by atoms with Gasteiger partial charge in [0.1, 0.15) is 0 Å². The number of nitrogens with two attached hydrogens (primary N) is 1. The van der Waals surface area contributed by atoms with Crippen LogP contribution in [0.2, 0.25) is 0 Å². The molecule has 0 fully saturated rings. The minimum atomic E-state index is -0.279. The van der Waals surface area contributed by atoms with Crippen LogP contribution in [0.3, 0.4) is 0 Å². The molecule has 0 aromatic carbocycles. The molecule has 0 atom stereocenters. The summed E-state index contributed by atoms with van der Waals surface area (Å²) in [4.78, 5) is 14.4. The van der Waals surface area contributed by atoms with Crippen LogP contribution in [0.25, 0.3) is 0 Å². The Morgan fingerprint density at radius 2 is 2.38 bits per heavy atom. The van der Waals surface area contributed by atoms with Crippen molar-refractivity contribution in [1.29, 1.82) is 0 Å². The minimum Gasteiger partial charge on any atom is -0.370 e. The monoisotopic (exact) mass is 241 g/mol. The van der Waals surface area contributed by atoms with Gasteiger partial charge < -0.3 is 5.73 Å². The van der Waals surface area contributed by atoms with Crippen LogP contribution in [-0.4, -0.2) is 10.9 Å². The second-order valence-electron chi connectivity index (χ2n) is 2.65. The molecule has 0 bridgehead atoms. The topological polar surface area (TPSA) is 56.0 Å². The van der Waals surface area contributed by atoms with Gasteiger partial charge in [0.15, 0.2) is 0 Å². The van der Waals surface area contributed by atoms with E-state index in [1.165, 1.54) is 0 Å². The summed E-state index contributed by atoms with van der Waals surface area (Å²) in [6, 6.07) is 1.94. The molecule has 13 heavy (non-hydrogen) atoms. The summed E-state index contributed by atoms with van der Waals surface area (Å²) in [5, 5.41) is 0. The summed E-state index contributed by atoms with van der Waals surface area (Å²) in [7, 11) is 0. The number of hydrogen-bond acceptors (Lipinski definition) is 2. The van der Waals surface area contributed by atoms with Crippen LogP contribution in [0.15, 0.2) is 22.9 Å². The Kier molecular flexibility index (Phi) is 3.89. The van der Waals surface area contributed by atoms with E-state index in [9.17, 15) is 4.79 Å². The molecule has 1 radical (unpaired) electrons. The summed E-state index contributed by atoms with van der Waals surface area (Å²) in [5.74, 6) is -0.279. The first kappa shape index (κ1) is 10.2. The minimum absolute atomic E-state index is 0.279. The second-order valence-corrected chi connectivity index (χ2v) is 3.56. The molecule has 1 aromatic rings. The first-order valence-electron chi connectivity index (χ1n) is 3.90. The Morgan fingerprint density at radius 3 is 3.00 bits per heavy atom. The number of amides is 1. The van der Waals surface area contributed by atoms with Crippen LogP contribution in [0, 0.1) is 6.42 Å². The molecular weight excluding hydrogens is 232 g/mol. The quantitative estimate of drug-likeness (QED) is 0.872. The molecule has 4 heteroatoms. The Balaban J connectivity index is 2.41. The molecule has 0 saturated heterocycles. The van der Waals surface area contributed by atoms with Crippen LogP contribution in [0.4, 0.5) is 0 Å². The molecule has 1 heterocycles. The predicted molar refractivity (Wildman–Crippen MR) is 53.8 cm³/mol. The number of halogens is 1. The number of aromatic nitrogens is 1. The average molecular weight is 242 g/mol. The van der Waals surface area contributed by atoms with Crippen molar-refractivity contribution < 1.29 is 4.79 Å². The van der Waals surface area contributed by atoms with E-state index in [0.717, 1.165) is 10.0 Å². The van der Waals surface area contributed by atoms with Crippen molar-refractivity contribution in [2.45, 2.75) is 12.8 Å². The zero-order valence-electron chi connectivity index (χ0n) is 7.03. The highest BCUT2D eigenvalue weighted by atomic mass is 79.9. The van der Waals surface area contributed by atoms with Crippen molar-refractivity contribution in [3.63, 3.8) is 0 Å². The lowest BCUT2D eigenvalue weighted by Gasteiger charge is -1.98. The fourth-order valence-electron chi connectivity index (χ4n) is 0.921. The van der Waals surface area contributed by atoms with Crippen molar-refractivity contribution in [3.8, 4) is 0 Å². The van der Waals surface area contributed by atoms with E-state index in [-0.39, 0.29) is 5.91 Å². The largest absolute Gasteiger partial charge is 0.370 e. The maximum absolute atomic E-state index is 10.4. The zero-order valence-corrected chi connectivity index (χ0v) is 8.62. The summed E-state index contributed by atoms with van der Waals surface area (Å²) < 4.78 is 0.931. The van der Waals surface area contributed by atoms with Gasteiger partial charge in [0.25, 0.3) is 0 Å². The number of primary amides is 1. The predicted octanol–water partition coefficient (Wildman–Crippen LogP) is 1.66. The van der Waals surface area contributed by atoms with Crippen LogP contribution in [0.5, 0.6) is 0 Å². The van der Waals surface area contributed by atoms with Gasteiger partial charge in [-0.1, -0.05) is 0 Å². The molecular formula is C9H10BrN2O. The maximum atomic E-state index is 10.4. The van der Waals surface area contributed by atoms with Gasteiger partial charge in [0.2, 0.25) is 5.91 Å². The zero-order chi connectivity index (χ0) is 9.68. The maximum Gasteiger partial charge on any atom is 0.217 e. The molecule has 1 amide bonds. The second kappa shape index (κ2) is 4.97. The molecule has 3 nitrogen and oxygen atoms in total. The number of carbonyl (C=O) groups is 1. The van der Waals surface area contributed by atoms with Crippen molar-refractivity contribution in [2.75, 3.05) is 0 Å². The third kappa shape index (κ3) is 4.03. The van der Waals surface area contributed by atoms with E-state index in [1.54, 1.807) is 12.4 Å². The summed E-state index contributed by atoms with van der Waals surface area (Å²) in [5.41, 5.74) is 6.00. The molecule has 1 rings (SSSR count). The van der Waals surface area contributed by atoms with Crippen LogP contribution < -0.4 is 5.73 Å². The van der Waals surface area contributed by atoms with Gasteiger partial charge in [-0.25, -0.2) is 0 Å². The molecule has 0 unspecified atom stereocenters. The summed E-state index contributed by atoms with van der Waals surface area (Å²) >= 11 is 3.31. The van der Waals surface area contributed by atoms with E-state index in [0.29, 0.717) is 12.8 Å². The molecule has 1 aromatic heterocycles. The van der Waals surface area contributed by atoms with E-state index in [1.807, 2.05) is 12.5 Å². The third-order valence-corrected chi connectivity index (χ3v) is 1.93. The smallest absolute Gasteiger partial charge is 0.217 e. The van der Waals surface area contributed by atoms with Gasteiger partial charge >= 0.3 is 0 Å². The van der Waals surface area contributed by atoms with Crippen LogP contribution in [-0.2, 0) is 4.79 Å². The van der Waals surface area contributed by atoms with E-state index in [4.69, 9.17) is 5.73 Å². The lowest BCUT2D eigenvalue weighted by atomic mass is 10.1. The SMILES string of the molecule is NC(=O)CC[CH]c1cncc(Br)c1. The van der Waals surface area contributed by atoms with Crippen LogP contribution in [0.1, 0.15) is 18.4 Å². The highest BCUT2D eigenvalue weighted by Gasteiger charge is 1.98. The first-order valence-corrected chi connectivity index (χ1v) is 4.70. The Morgan fingerprint density at radius 1 is 1.62 bits per heavy atom. The molecule has 0 saturated carbocycles. The lowest BCUT2D eigenvalue weighted by molar-refractivity contribution is -0.117. The third-order valence-electron chi connectivity index (χ3n) is 1.50. The molecule has 0 aliphatic carbocycles. The molecule has 69 valence electrons. The number of hydrogen-bond donors (Lipinski definition) is 1. The number of pyridine rings is 1. The number of nitrogens with zero attached hydrogens (tertiary/aromatic N) is 1. The van der Waals surface area contributed by atoms with Gasteiger partial charge in [0.05, 0.1) is 0 Å². The highest BCUT2D eigenvalue weighted by Crippen LogP contribution is 2.12. The van der Waals surface area contributed by atoms with Crippen molar-refractivity contribution in [3.05, 3.63) is 34.9 Å². The van der Waals surface area contributed by atoms with E-state index in [2.05, 4.69) is 20.9 Å². The Hall–Kier alpha value is -0.900. The van der Waals surface area contributed by atoms with Crippen molar-refractivity contribution >= 4 is 21.8 Å². The molecule has 2 N–H and O–H groups in total. The fourth-order valence-corrected chi connectivity index (χ4v) is 1.30. The van der Waals surface area contributed by atoms with Gasteiger partial charge in [-0.3, -0.25) is 9.78 Å². The first-order chi connectivity index (χ1) is 6.18. The van der Waals surface area contributed by atoms with Gasteiger partial charge in [0, 0.05) is 23.3 Å². The van der Waals surface area contributed by atoms with Gasteiger partial charge in [-0.2, -0.15) is 0 Å². The standard InChI is InChI=1S/C9H10BrN2O/c10-8-4-7(5-12-6-8)2-1-3-9(11)13/h2,4-6H,1,3H2,(H2,11,13). The molecule has 0 aliphatic rings. The van der Waals surface area contributed by atoms with Gasteiger partial charge in [-0.05, 0) is 40.4 Å². The summed E-state index contributed by atoms with van der Waals surface area (Å²) in [6.45, 7) is 0.